The molecule has 0 spiro atoms. The second-order valence-corrected chi connectivity index (χ2v) is 5.74. The maximum Gasteiger partial charge on any atom is 0.389 e. The molecule has 0 bridgehead atoms. The molecule has 0 saturated heterocycles. The molecule has 1 heterocycles. The fourth-order valence-electron chi connectivity index (χ4n) is 1.56. The predicted molar refractivity (Wildman–Crippen MR) is 63.6 cm³/mol. The Morgan fingerprint density at radius 2 is 2.00 bits per heavy atom. The average Bonchev–Trinajstić information content (AvgIpc) is 2.48. The van der Waals surface area contributed by atoms with Gasteiger partial charge < -0.3 is 5.11 Å². The van der Waals surface area contributed by atoms with Crippen LogP contribution in [-0.2, 0) is 6.42 Å². The first-order chi connectivity index (χ1) is 7.70. The fraction of sp³-hybridized carbons (Fsp3) is 0.636. The van der Waals surface area contributed by atoms with Gasteiger partial charge in [0.05, 0.1) is 10.6 Å². The van der Waals surface area contributed by atoms with Crippen LogP contribution in [0.5, 0.6) is 0 Å². The zero-order chi connectivity index (χ0) is 13.1. The summed E-state index contributed by atoms with van der Waals surface area (Å²) in [6.45, 7) is 1.54. The molecule has 0 fully saturated rings. The number of hydrogen-bond acceptors (Lipinski definition) is 2. The van der Waals surface area contributed by atoms with Gasteiger partial charge in [-0.3, -0.25) is 0 Å². The second kappa shape index (κ2) is 5.59. The molecule has 98 valence electrons. The van der Waals surface area contributed by atoms with E-state index in [0.717, 1.165) is 4.88 Å². The van der Waals surface area contributed by atoms with Crippen LogP contribution in [0.2, 0.25) is 5.02 Å². The van der Waals surface area contributed by atoms with Gasteiger partial charge in [-0.1, -0.05) is 11.6 Å². The van der Waals surface area contributed by atoms with Gasteiger partial charge in [-0.15, -0.1) is 11.3 Å². The Morgan fingerprint density at radius 3 is 2.47 bits per heavy atom. The van der Waals surface area contributed by atoms with Gasteiger partial charge >= 0.3 is 6.18 Å². The fourth-order valence-corrected chi connectivity index (χ4v) is 2.84. The normalized spacial score (nSPS) is 15.9. The van der Waals surface area contributed by atoms with E-state index in [9.17, 15) is 18.3 Å². The molecule has 1 nitrogen and oxygen atoms in total. The van der Waals surface area contributed by atoms with E-state index in [1.54, 1.807) is 18.4 Å². The molecule has 1 N–H and O–H groups in total. The SMILES string of the molecule is CC(O)(CCCC(F)(F)F)Cc1sccc1Cl. The lowest BCUT2D eigenvalue weighted by molar-refractivity contribution is -0.137. The second-order valence-electron chi connectivity index (χ2n) is 4.33. The molecule has 17 heavy (non-hydrogen) atoms. The third kappa shape index (κ3) is 5.75. The van der Waals surface area contributed by atoms with E-state index >= 15 is 0 Å². The standard InChI is InChI=1S/C11H14ClF3OS/c1-10(16,4-2-5-11(13,14)15)7-9-8(12)3-6-17-9/h3,6,16H,2,4-5,7H2,1H3. The van der Waals surface area contributed by atoms with Gasteiger partial charge in [-0.25, -0.2) is 0 Å². The molecule has 0 aromatic carbocycles. The van der Waals surface area contributed by atoms with Crippen LogP contribution in [0.15, 0.2) is 11.4 Å². The summed E-state index contributed by atoms with van der Waals surface area (Å²) in [4.78, 5) is 0.809. The van der Waals surface area contributed by atoms with E-state index in [1.165, 1.54) is 11.3 Å². The molecular weight excluding hydrogens is 273 g/mol. The molecule has 0 aliphatic carbocycles. The average molecular weight is 287 g/mol. The van der Waals surface area contributed by atoms with Gasteiger partial charge in [0.25, 0.3) is 0 Å². The first-order valence-corrected chi connectivity index (χ1v) is 6.46. The van der Waals surface area contributed by atoms with Gasteiger partial charge in [0.15, 0.2) is 0 Å². The van der Waals surface area contributed by atoms with Crippen molar-refractivity contribution < 1.29 is 18.3 Å². The quantitative estimate of drug-likeness (QED) is 0.849. The van der Waals surface area contributed by atoms with Crippen molar-refractivity contribution >= 4 is 22.9 Å². The van der Waals surface area contributed by atoms with Crippen LogP contribution in [0, 0.1) is 0 Å². The summed E-state index contributed by atoms with van der Waals surface area (Å²) in [6.07, 6.45) is -4.68. The Kier molecular flexibility index (Phi) is 4.86. The predicted octanol–water partition coefficient (Wildman–Crippen LogP) is 4.43. The van der Waals surface area contributed by atoms with Crippen molar-refractivity contribution in [1.29, 1.82) is 0 Å². The summed E-state index contributed by atoms with van der Waals surface area (Å²) < 4.78 is 35.9. The Labute approximate surface area is 107 Å². The molecule has 0 aliphatic rings. The van der Waals surface area contributed by atoms with Gasteiger partial charge in [0, 0.05) is 17.7 Å². The minimum absolute atomic E-state index is 0.0699. The van der Waals surface area contributed by atoms with E-state index in [2.05, 4.69) is 0 Å². The highest BCUT2D eigenvalue weighted by atomic mass is 35.5. The van der Waals surface area contributed by atoms with E-state index in [1.807, 2.05) is 0 Å². The molecule has 0 radical (unpaired) electrons. The number of halogens is 4. The molecule has 0 aliphatic heterocycles. The van der Waals surface area contributed by atoms with Crippen LogP contribution in [0.4, 0.5) is 13.2 Å². The minimum atomic E-state index is -4.16. The number of thiophene rings is 1. The van der Waals surface area contributed by atoms with Crippen molar-refractivity contribution in [1.82, 2.24) is 0 Å². The molecule has 1 unspecified atom stereocenters. The molecule has 0 saturated carbocycles. The zero-order valence-corrected chi connectivity index (χ0v) is 10.9. The van der Waals surface area contributed by atoms with Crippen LogP contribution in [0.25, 0.3) is 0 Å². The first-order valence-electron chi connectivity index (χ1n) is 5.21. The van der Waals surface area contributed by atoms with Gasteiger partial charge in [-0.2, -0.15) is 13.2 Å². The lowest BCUT2D eigenvalue weighted by Crippen LogP contribution is -2.27. The van der Waals surface area contributed by atoms with Gasteiger partial charge in [0.2, 0.25) is 0 Å². The van der Waals surface area contributed by atoms with Crippen LogP contribution in [0.1, 0.15) is 31.1 Å². The van der Waals surface area contributed by atoms with Crippen molar-refractivity contribution in [2.45, 2.75) is 44.4 Å². The molecule has 6 heteroatoms. The zero-order valence-electron chi connectivity index (χ0n) is 9.35. The summed E-state index contributed by atoms with van der Waals surface area (Å²) in [6, 6.07) is 1.72. The van der Waals surface area contributed by atoms with Crippen LogP contribution in [0.3, 0.4) is 0 Å². The third-order valence-corrected chi connectivity index (χ3v) is 3.80. The maximum atomic E-state index is 12.0. The van der Waals surface area contributed by atoms with E-state index in [4.69, 9.17) is 11.6 Å². The minimum Gasteiger partial charge on any atom is -0.390 e. The number of rotatable bonds is 5. The highest BCUT2D eigenvalue weighted by molar-refractivity contribution is 7.10. The van der Waals surface area contributed by atoms with E-state index < -0.39 is 18.2 Å². The first kappa shape index (κ1) is 14.8. The Balaban J connectivity index is 2.44. The molecule has 1 rings (SSSR count). The van der Waals surface area contributed by atoms with Crippen molar-refractivity contribution in [3.05, 3.63) is 21.3 Å². The Hall–Kier alpha value is -0.260. The number of alkyl halides is 3. The lowest BCUT2D eigenvalue weighted by atomic mass is 9.94. The van der Waals surface area contributed by atoms with Gasteiger partial charge in [0.1, 0.15) is 0 Å². The van der Waals surface area contributed by atoms with E-state index in [0.29, 0.717) is 11.4 Å². The summed E-state index contributed by atoms with van der Waals surface area (Å²) in [7, 11) is 0. The summed E-state index contributed by atoms with van der Waals surface area (Å²) in [5.74, 6) is 0. The molecule has 0 amide bonds. The lowest BCUT2D eigenvalue weighted by Gasteiger charge is -2.23. The highest BCUT2D eigenvalue weighted by Gasteiger charge is 2.29. The summed E-state index contributed by atoms with van der Waals surface area (Å²) in [5.41, 5.74) is -1.14. The Morgan fingerprint density at radius 1 is 1.35 bits per heavy atom. The number of hydrogen-bond donors (Lipinski definition) is 1. The van der Waals surface area contributed by atoms with Crippen molar-refractivity contribution in [2.75, 3.05) is 0 Å². The third-order valence-electron chi connectivity index (χ3n) is 2.41. The highest BCUT2D eigenvalue weighted by Crippen LogP contribution is 2.30. The maximum absolute atomic E-state index is 12.0. The monoisotopic (exact) mass is 286 g/mol. The molecule has 1 atom stereocenters. The molecular formula is C11H14ClF3OS. The van der Waals surface area contributed by atoms with Crippen molar-refractivity contribution in [3.63, 3.8) is 0 Å². The van der Waals surface area contributed by atoms with E-state index in [-0.39, 0.29) is 12.8 Å². The molecule has 1 aromatic heterocycles. The van der Waals surface area contributed by atoms with Crippen LogP contribution < -0.4 is 0 Å². The number of aliphatic hydroxyl groups is 1. The Bertz CT molecular complexity index is 360. The van der Waals surface area contributed by atoms with Crippen molar-refractivity contribution in [2.24, 2.45) is 0 Å². The summed E-state index contributed by atoms with van der Waals surface area (Å²) in [5, 5.41) is 12.3. The van der Waals surface area contributed by atoms with Crippen LogP contribution >= 0.6 is 22.9 Å². The topological polar surface area (TPSA) is 20.2 Å². The van der Waals surface area contributed by atoms with Crippen LogP contribution in [-0.4, -0.2) is 16.9 Å². The largest absolute Gasteiger partial charge is 0.390 e. The van der Waals surface area contributed by atoms with Crippen molar-refractivity contribution in [3.8, 4) is 0 Å². The smallest absolute Gasteiger partial charge is 0.389 e. The molecule has 1 aromatic rings. The van der Waals surface area contributed by atoms with Gasteiger partial charge in [-0.05, 0) is 31.2 Å². The summed E-state index contributed by atoms with van der Waals surface area (Å²) >= 11 is 7.27.